The zero-order valence-electron chi connectivity index (χ0n) is 12.8. The van der Waals surface area contributed by atoms with Gasteiger partial charge in [-0.05, 0) is 30.0 Å². The Balaban J connectivity index is 1.73. The van der Waals surface area contributed by atoms with Gasteiger partial charge in [-0.25, -0.2) is 14.7 Å². The molecular formula is C15H21N5O2. The van der Waals surface area contributed by atoms with Crippen LogP contribution < -0.4 is 16.3 Å². The Hall–Kier alpha value is -2.57. The maximum absolute atomic E-state index is 11.8. The number of nitrogens with zero attached hydrogens (tertiary/aromatic N) is 1. The number of hydrogen-bond donors (Lipinski definition) is 4. The minimum absolute atomic E-state index is 0.239. The van der Waals surface area contributed by atoms with Crippen molar-refractivity contribution in [3.8, 4) is 0 Å². The number of carbonyl (C=O) groups is 1. The summed E-state index contributed by atoms with van der Waals surface area (Å²) >= 11 is 0. The first-order chi connectivity index (χ1) is 10.5. The largest absolute Gasteiger partial charge is 0.340 e. The number of nitrogens with one attached hydrogen (secondary N) is 4. The number of aromatic amines is 2. The van der Waals surface area contributed by atoms with E-state index >= 15 is 0 Å². The first-order valence-electron chi connectivity index (χ1n) is 7.33. The van der Waals surface area contributed by atoms with E-state index in [4.69, 9.17) is 0 Å². The van der Waals surface area contributed by atoms with Crippen molar-refractivity contribution in [1.29, 1.82) is 0 Å². The third kappa shape index (κ3) is 4.76. The summed E-state index contributed by atoms with van der Waals surface area (Å²) in [5.41, 5.74) is 1.64. The fourth-order valence-electron chi connectivity index (χ4n) is 2.03. The summed E-state index contributed by atoms with van der Waals surface area (Å²) in [7, 11) is 0. The Morgan fingerprint density at radius 3 is 2.86 bits per heavy atom. The van der Waals surface area contributed by atoms with Crippen molar-refractivity contribution >= 4 is 11.7 Å². The molecule has 1 aromatic carbocycles. The Morgan fingerprint density at radius 1 is 1.36 bits per heavy atom. The van der Waals surface area contributed by atoms with Gasteiger partial charge in [0.2, 0.25) is 0 Å². The van der Waals surface area contributed by atoms with Gasteiger partial charge in [0.15, 0.2) is 0 Å². The Kier molecular flexibility index (Phi) is 5.35. The Labute approximate surface area is 128 Å². The second-order valence-electron chi connectivity index (χ2n) is 5.39. The van der Waals surface area contributed by atoms with Gasteiger partial charge in [0, 0.05) is 18.7 Å². The topological polar surface area (TPSA) is 103 Å². The molecule has 7 heteroatoms. The van der Waals surface area contributed by atoms with Crippen molar-refractivity contribution < 1.29 is 4.79 Å². The highest BCUT2D eigenvalue weighted by molar-refractivity contribution is 5.89. The maximum atomic E-state index is 11.8. The molecule has 0 aliphatic heterocycles. The predicted octanol–water partition coefficient (Wildman–Crippen LogP) is 1.98. The smallest absolute Gasteiger partial charge is 0.338 e. The van der Waals surface area contributed by atoms with Gasteiger partial charge in [-0.2, -0.15) is 5.10 Å². The molecule has 2 amide bonds. The number of carbonyl (C=O) groups excluding carboxylic acids is 1. The number of amides is 2. The number of aromatic nitrogens is 3. The van der Waals surface area contributed by atoms with Crippen molar-refractivity contribution in [2.75, 3.05) is 11.9 Å². The fourth-order valence-corrected chi connectivity index (χ4v) is 2.03. The molecule has 0 fully saturated rings. The number of H-pyrrole nitrogens is 2. The van der Waals surface area contributed by atoms with Crippen LogP contribution in [-0.2, 0) is 6.42 Å². The fraction of sp³-hybridized carbons (Fsp3) is 0.400. The zero-order valence-corrected chi connectivity index (χ0v) is 12.8. The van der Waals surface area contributed by atoms with Crippen molar-refractivity contribution in [2.45, 2.75) is 32.6 Å². The normalized spacial score (nSPS) is 10.7. The molecule has 4 N–H and O–H groups in total. The van der Waals surface area contributed by atoms with Crippen LogP contribution in [0.5, 0.6) is 0 Å². The highest BCUT2D eigenvalue weighted by Gasteiger charge is 2.04. The SMILES string of the molecule is CC(C)c1cccc(NC(=O)NCCCc2n[nH]c(=O)[nH]2)c1. The maximum Gasteiger partial charge on any atom is 0.340 e. The predicted molar refractivity (Wildman–Crippen MR) is 85.1 cm³/mol. The first-order valence-corrected chi connectivity index (χ1v) is 7.33. The third-order valence-corrected chi connectivity index (χ3v) is 3.24. The van der Waals surface area contributed by atoms with Crippen LogP contribution >= 0.6 is 0 Å². The van der Waals surface area contributed by atoms with Crippen molar-refractivity contribution in [2.24, 2.45) is 0 Å². The average molecular weight is 303 g/mol. The summed E-state index contributed by atoms with van der Waals surface area (Å²) in [5, 5.41) is 11.7. The molecule has 0 spiro atoms. The molecule has 0 radical (unpaired) electrons. The molecule has 0 unspecified atom stereocenters. The lowest BCUT2D eigenvalue weighted by atomic mass is 10.0. The molecule has 118 valence electrons. The monoisotopic (exact) mass is 303 g/mol. The van der Waals surface area contributed by atoms with Crippen LogP contribution in [0.25, 0.3) is 0 Å². The van der Waals surface area contributed by atoms with Gasteiger partial charge in [-0.1, -0.05) is 26.0 Å². The van der Waals surface area contributed by atoms with Crippen LogP contribution in [0.1, 0.15) is 37.6 Å². The lowest BCUT2D eigenvalue weighted by Crippen LogP contribution is -2.29. The lowest BCUT2D eigenvalue weighted by Gasteiger charge is -2.10. The number of hydrogen-bond acceptors (Lipinski definition) is 3. The van der Waals surface area contributed by atoms with E-state index in [9.17, 15) is 9.59 Å². The van der Waals surface area contributed by atoms with Crippen LogP contribution in [0.4, 0.5) is 10.5 Å². The molecule has 1 heterocycles. The molecule has 22 heavy (non-hydrogen) atoms. The molecule has 0 bridgehead atoms. The second kappa shape index (κ2) is 7.44. The van der Waals surface area contributed by atoms with Crippen LogP contribution in [0.3, 0.4) is 0 Å². The first kappa shape index (κ1) is 15.8. The molecule has 1 aromatic heterocycles. The van der Waals surface area contributed by atoms with E-state index in [1.165, 1.54) is 5.56 Å². The van der Waals surface area contributed by atoms with Crippen LogP contribution in [0.2, 0.25) is 0 Å². The van der Waals surface area contributed by atoms with E-state index < -0.39 is 0 Å². The van der Waals surface area contributed by atoms with E-state index in [0.717, 1.165) is 5.69 Å². The number of benzene rings is 1. The molecule has 2 rings (SSSR count). The molecular weight excluding hydrogens is 282 g/mol. The number of urea groups is 1. The van der Waals surface area contributed by atoms with Crippen molar-refractivity contribution in [1.82, 2.24) is 20.5 Å². The minimum atomic E-state index is -0.314. The quantitative estimate of drug-likeness (QED) is 0.613. The molecule has 2 aromatic rings. The summed E-state index contributed by atoms with van der Waals surface area (Å²) in [4.78, 5) is 25.2. The molecule has 0 saturated heterocycles. The third-order valence-electron chi connectivity index (χ3n) is 3.24. The number of anilines is 1. The number of rotatable bonds is 6. The van der Waals surface area contributed by atoms with E-state index in [2.05, 4.69) is 39.7 Å². The summed E-state index contributed by atoms with van der Waals surface area (Å²) < 4.78 is 0. The molecule has 0 aliphatic rings. The standard InChI is InChI=1S/C15H21N5O2/c1-10(2)11-5-3-6-12(9-11)17-14(21)16-8-4-7-13-18-15(22)20-19-13/h3,5-6,9-10H,4,7-8H2,1-2H3,(H2,16,17,21)(H2,18,19,20,22). The minimum Gasteiger partial charge on any atom is -0.338 e. The Morgan fingerprint density at radius 2 is 2.18 bits per heavy atom. The van der Waals surface area contributed by atoms with Gasteiger partial charge in [0.25, 0.3) is 0 Å². The second-order valence-corrected chi connectivity index (χ2v) is 5.39. The summed E-state index contributed by atoms with van der Waals surface area (Å²) in [6.07, 6.45) is 1.29. The van der Waals surface area contributed by atoms with E-state index in [0.29, 0.717) is 31.1 Å². The van der Waals surface area contributed by atoms with Gasteiger partial charge >= 0.3 is 11.7 Å². The van der Waals surface area contributed by atoms with E-state index in [1.54, 1.807) is 0 Å². The Bertz CT molecular complexity index is 674. The zero-order chi connectivity index (χ0) is 15.9. The molecule has 0 atom stereocenters. The van der Waals surface area contributed by atoms with Crippen LogP contribution in [0, 0.1) is 0 Å². The number of aryl methyl sites for hydroxylation is 1. The summed E-state index contributed by atoms with van der Waals surface area (Å²) in [5.74, 6) is 1.01. The van der Waals surface area contributed by atoms with Gasteiger partial charge in [-0.3, -0.25) is 4.98 Å². The van der Waals surface area contributed by atoms with Crippen LogP contribution in [-0.4, -0.2) is 27.8 Å². The highest BCUT2D eigenvalue weighted by Crippen LogP contribution is 2.18. The highest BCUT2D eigenvalue weighted by atomic mass is 16.2. The van der Waals surface area contributed by atoms with E-state index in [-0.39, 0.29) is 11.7 Å². The van der Waals surface area contributed by atoms with Gasteiger partial charge in [0.1, 0.15) is 5.82 Å². The molecule has 7 nitrogen and oxygen atoms in total. The average Bonchev–Trinajstić information content (AvgIpc) is 2.89. The van der Waals surface area contributed by atoms with Crippen molar-refractivity contribution in [3.63, 3.8) is 0 Å². The summed E-state index contributed by atoms with van der Waals surface area (Å²) in [6, 6.07) is 7.56. The van der Waals surface area contributed by atoms with Gasteiger partial charge in [0.05, 0.1) is 0 Å². The van der Waals surface area contributed by atoms with Gasteiger partial charge in [-0.15, -0.1) is 0 Å². The van der Waals surface area contributed by atoms with Crippen LogP contribution in [0.15, 0.2) is 29.1 Å². The van der Waals surface area contributed by atoms with E-state index in [1.807, 2.05) is 24.3 Å². The summed E-state index contributed by atoms with van der Waals surface area (Å²) in [6.45, 7) is 4.72. The lowest BCUT2D eigenvalue weighted by molar-refractivity contribution is 0.252. The molecule has 0 aliphatic carbocycles. The molecule has 0 saturated carbocycles. The van der Waals surface area contributed by atoms with Gasteiger partial charge < -0.3 is 10.6 Å². The van der Waals surface area contributed by atoms with Crippen molar-refractivity contribution in [3.05, 3.63) is 46.1 Å².